The Morgan fingerprint density at radius 2 is 2.22 bits per heavy atom. The van der Waals surface area contributed by atoms with E-state index in [2.05, 4.69) is 36.2 Å². The van der Waals surface area contributed by atoms with Crippen molar-refractivity contribution in [2.75, 3.05) is 13.7 Å². The van der Waals surface area contributed by atoms with Crippen molar-refractivity contribution in [1.82, 2.24) is 20.1 Å². The molecule has 0 saturated heterocycles. The average molecular weight is 254 g/mol. The highest BCUT2D eigenvalue weighted by molar-refractivity contribution is 4.90. The second-order valence-corrected chi connectivity index (χ2v) is 4.64. The summed E-state index contributed by atoms with van der Waals surface area (Å²) in [5.74, 6) is 1.06. The smallest absolute Gasteiger partial charge is 0.138 e. The number of hydrogen-bond donors (Lipinski definition) is 1. The molecule has 0 aromatic carbocycles. The van der Waals surface area contributed by atoms with Gasteiger partial charge >= 0.3 is 0 Å². The van der Waals surface area contributed by atoms with E-state index in [1.807, 2.05) is 4.68 Å². The Morgan fingerprint density at radius 3 is 2.83 bits per heavy atom. The van der Waals surface area contributed by atoms with Gasteiger partial charge in [-0.3, -0.25) is 4.68 Å². The summed E-state index contributed by atoms with van der Waals surface area (Å²) in [5.41, 5.74) is 0. The third-order valence-electron chi connectivity index (χ3n) is 3.07. The Kier molecular flexibility index (Phi) is 6.90. The van der Waals surface area contributed by atoms with Crippen molar-refractivity contribution in [2.45, 2.75) is 58.7 Å². The van der Waals surface area contributed by atoms with Gasteiger partial charge in [-0.1, -0.05) is 13.8 Å². The maximum absolute atomic E-state index is 5.34. The Labute approximate surface area is 110 Å². The Morgan fingerprint density at radius 1 is 1.44 bits per heavy atom. The molecule has 5 heteroatoms. The minimum Gasteiger partial charge on any atom is -0.382 e. The van der Waals surface area contributed by atoms with Crippen molar-refractivity contribution in [1.29, 1.82) is 0 Å². The highest BCUT2D eigenvalue weighted by Crippen LogP contribution is 2.08. The standard InChI is InChI=1S/C13H26N4O/c1-5-7-17-13(15-10-16-17)9-12(14-6-2)8-11(3)18-4/h10-12,14H,5-9H2,1-4H3. The maximum atomic E-state index is 5.34. The monoisotopic (exact) mass is 254 g/mol. The van der Waals surface area contributed by atoms with Crippen LogP contribution in [0.5, 0.6) is 0 Å². The fraction of sp³-hybridized carbons (Fsp3) is 0.846. The number of ether oxygens (including phenoxy) is 1. The third kappa shape index (κ3) is 4.74. The summed E-state index contributed by atoms with van der Waals surface area (Å²) in [6, 6.07) is 0.393. The normalized spacial score (nSPS) is 14.7. The summed E-state index contributed by atoms with van der Waals surface area (Å²) < 4.78 is 7.34. The van der Waals surface area contributed by atoms with Crippen LogP contribution in [-0.4, -0.2) is 40.6 Å². The molecule has 5 nitrogen and oxygen atoms in total. The van der Waals surface area contributed by atoms with Gasteiger partial charge in [0.15, 0.2) is 0 Å². The number of methoxy groups -OCH3 is 1. The molecule has 1 rings (SSSR count). The van der Waals surface area contributed by atoms with Crippen molar-refractivity contribution in [2.24, 2.45) is 0 Å². The van der Waals surface area contributed by atoms with Crippen molar-refractivity contribution in [3.8, 4) is 0 Å². The first-order chi connectivity index (χ1) is 8.71. The van der Waals surface area contributed by atoms with Crippen LogP contribution in [0.3, 0.4) is 0 Å². The summed E-state index contributed by atoms with van der Waals surface area (Å²) in [6.07, 6.45) is 4.88. The zero-order valence-corrected chi connectivity index (χ0v) is 12.0. The predicted octanol–water partition coefficient (Wildman–Crippen LogP) is 1.63. The van der Waals surface area contributed by atoms with E-state index < -0.39 is 0 Å². The molecule has 0 radical (unpaired) electrons. The van der Waals surface area contributed by atoms with Gasteiger partial charge in [-0.2, -0.15) is 5.10 Å². The summed E-state index contributed by atoms with van der Waals surface area (Å²) in [6.45, 7) is 8.28. The predicted molar refractivity (Wildman–Crippen MR) is 72.6 cm³/mol. The van der Waals surface area contributed by atoms with Crippen LogP contribution in [0.15, 0.2) is 6.33 Å². The Bertz CT molecular complexity index is 327. The van der Waals surface area contributed by atoms with E-state index in [4.69, 9.17) is 4.74 Å². The Balaban J connectivity index is 2.61. The highest BCUT2D eigenvalue weighted by atomic mass is 16.5. The lowest BCUT2D eigenvalue weighted by molar-refractivity contribution is 0.100. The van der Waals surface area contributed by atoms with E-state index >= 15 is 0 Å². The summed E-state index contributed by atoms with van der Waals surface area (Å²) in [4.78, 5) is 4.36. The highest BCUT2D eigenvalue weighted by Gasteiger charge is 2.15. The second-order valence-electron chi connectivity index (χ2n) is 4.64. The first kappa shape index (κ1) is 15.1. The molecule has 0 fully saturated rings. The molecule has 1 aromatic rings. The van der Waals surface area contributed by atoms with Crippen LogP contribution < -0.4 is 5.32 Å². The van der Waals surface area contributed by atoms with Crippen LogP contribution in [0, 0.1) is 0 Å². The number of likely N-dealkylation sites (N-methyl/N-ethyl adjacent to an activating group) is 1. The largest absolute Gasteiger partial charge is 0.382 e. The molecule has 104 valence electrons. The lowest BCUT2D eigenvalue weighted by Gasteiger charge is -2.21. The van der Waals surface area contributed by atoms with Crippen molar-refractivity contribution in [3.63, 3.8) is 0 Å². The minimum atomic E-state index is 0.261. The SMILES string of the molecule is CCCn1ncnc1CC(CC(C)OC)NCC. The van der Waals surface area contributed by atoms with Crippen LogP contribution in [-0.2, 0) is 17.7 Å². The zero-order chi connectivity index (χ0) is 13.4. The van der Waals surface area contributed by atoms with E-state index in [1.165, 1.54) is 0 Å². The maximum Gasteiger partial charge on any atom is 0.138 e. The van der Waals surface area contributed by atoms with E-state index in [0.29, 0.717) is 6.04 Å². The topological polar surface area (TPSA) is 52.0 Å². The molecule has 0 spiro atoms. The number of aromatic nitrogens is 3. The molecule has 0 saturated carbocycles. The van der Waals surface area contributed by atoms with Gasteiger partial charge in [0, 0.05) is 26.1 Å². The van der Waals surface area contributed by atoms with E-state index in [0.717, 1.165) is 38.2 Å². The molecule has 2 unspecified atom stereocenters. The van der Waals surface area contributed by atoms with Gasteiger partial charge < -0.3 is 10.1 Å². The Hall–Kier alpha value is -0.940. The molecular weight excluding hydrogens is 228 g/mol. The van der Waals surface area contributed by atoms with Gasteiger partial charge in [-0.15, -0.1) is 0 Å². The van der Waals surface area contributed by atoms with Crippen molar-refractivity contribution < 1.29 is 4.74 Å². The van der Waals surface area contributed by atoms with Gasteiger partial charge in [0.05, 0.1) is 6.10 Å². The molecular formula is C13H26N4O. The van der Waals surface area contributed by atoms with Gasteiger partial charge in [-0.25, -0.2) is 4.98 Å². The number of rotatable bonds is 9. The molecule has 0 aliphatic rings. The first-order valence-corrected chi connectivity index (χ1v) is 6.84. The molecule has 1 aromatic heterocycles. The zero-order valence-electron chi connectivity index (χ0n) is 12.0. The first-order valence-electron chi connectivity index (χ1n) is 6.84. The number of hydrogen-bond acceptors (Lipinski definition) is 4. The summed E-state index contributed by atoms with van der Waals surface area (Å²) in [7, 11) is 1.76. The van der Waals surface area contributed by atoms with E-state index in [-0.39, 0.29) is 6.10 Å². The fourth-order valence-corrected chi connectivity index (χ4v) is 2.09. The van der Waals surface area contributed by atoms with Crippen molar-refractivity contribution >= 4 is 0 Å². The molecule has 18 heavy (non-hydrogen) atoms. The molecule has 0 aliphatic carbocycles. The quantitative estimate of drug-likeness (QED) is 0.728. The third-order valence-corrected chi connectivity index (χ3v) is 3.07. The lowest BCUT2D eigenvalue weighted by Crippen LogP contribution is -2.35. The van der Waals surface area contributed by atoms with Crippen LogP contribution in [0.25, 0.3) is 0 Å². The second kappa shape index (κ2) is 8.21. The summed E-state index contributed by atoms with van der Waals surface area (Å²) >= 11 is 0. The van der Waals surface area contributed by atoms with Gasteiger partial charge in [0.1, 0.15) is 12.2 Å². The molecule has 0 amide bonds. The molecule has 1 heterocycles. The van der Waals surface area contributed by atoms with Gasteiger partial charge in [0.25, 0.3) is 0 Å². The molecule has 1 N–H and O–H groups in total. The van der Waals surface area contributed by atoms with Crippen LogP contribution in [0.1, 0.15) is 39.4 Å². The van der Waals surface area contributed by atoms with Gasteiger partial charge in [0.2, 0.25) is 0 Å². The molecule has 0 bridgehead atoms. The van der Waals surface area contributed by atoms with E-state index in [1.54, 1.807) is 13.4 Å². The van der Waals surface area contributed by atoms with Gasteiger partial charge in [-0.05, 0) is 26.3 Å². The van der Waals surface area contributed by atoms with Crippen molar-refractivity contribution in [3.05, 3.63) is 12.2 Å². The number of nitrogens with one attached hydrogen (secondary N) is 1. The minimum absolute atomic E-state index is 0.261. The van der Waals surface area contributed by atoms with E-state index in [9.17, 15) is 0 Å². The molecule has 2 atom stereocenters. The number of aryl methyl sites for hydroxylation is 1. The summed E-state index contributed by atoms with van der Waals surface area (Å²) in [5, 5.41) is 7.76. The fourth-order valence-electron chi connectivity index (χ4n) is 2.09. The van der Waals surface area contributed by atoms with Crippen LogP contribution in [0.2, 0.25) is 0 Å². The molecule has 0 aliphatic heterocycles. The van der Waals surface area contributed by atoms with Crippen LogP contribution in [0.4, 0.5) is 0 Å². The van der Waals surface area contributed by atoms with Crippen LogP contribution >= 0.6 is 0 Å². The number of nitrogens with zero attached hydrogens (tertiary/aromatic N) is 3. The lowest BCUT2D eigenvalue weighted by atomic mass is 10.1. The average Bonchev–Trinajstić information content (AvgIpc) is 2.77.